The predicted octanol–water partition coefficient (Wildman–Crippen LogP) is 2.99. The maximum Gasteiger partial charge on any atom is 0.340 e. The van der Waals surface area contributed by atoms with Gasteiger partial charge < -0.3 is 15.2 Å². The molecular formula is C14H18INO3. The first-order valence-electron chi connectivity index (χ1n) is 6.37. The van der Waals surface area contributed by atoms with Gasteiger partial charge in [0.2, 0.25) is 0 Å². The number of nitrogen functional groups attached to an aromatic ring is 1. The molecule has 1 aliphatic heterocycles. The van der Waals surface area contributed by atoms with Gasteiger partial charge >= 0.3 is 5.97 Å². The number of nitrogens with two attached hydrogens (primary N) is 1. The number of halogens is 1. The summed E-state index contributed by atoms with van der Waals surface area (Å²) in [6.07, 6.45) is 1.62. The molecule has 0 radical (unpaired) electrons. The van der Waals surface area contributed by atoms with Crippen LogP contribution in [0.2, 0.25) is 0 Å². The van der Waals surface area contributed by atoms with E-state index >= 15 is 0 Å². The lowest BCUT2D eigenvalue weighted by Gasteiger charge is -2.31. The Morgan fingerprint density at radius 2 is 2.00 bits per heavy atom. The van der Waals surface area contributed by atoms with E-state index in [9.17, 15) is 4.79 Å². The number of anilines is 1. The molecule has 2 atom stereocenters. The molecule has 0 saturated carbocycles. The van der Waals surface area contributed by atoms with Gasteiger partial charge in [0.15, 0.2) is 0 Å². The largest absolute Gasteiger partial charge is 0.459 e. The molecule has 1 saturated heterocycles. The Labute approximate surface area is 126 Å². The Balaban J connectivity index is 2.06. The van der Waals surface area contributed by atoms with Crippen LogP contribution in [0.25, 0.3) is 0 Å². The van der Waals surface area contributed by atoms with E-state index in [4.69, 9.17) is 15.2 Å². The molecule has 1 aliphatic rings. The molecule has 19 heavy (non-hydrogen) atoms. The SMILES string of the molecule is CC1CC(OC(=O)c2cc(I)ccc2N)CC(C)O1. The second kappa shape index (κ2) is 6.09. The fourth-order valence-electron chi connectivity index (χ4n) is 2.36. The summed E-state index contributed by atoms with van der Waals surface area (Å²) in [6, 6.07) is 5.35. The maximum absolute atomic E-state index is 12.2. The van der Waals surface area contributed by atoms with E-state index in [1.165, 1.54) is 0 Å². The average molecular weight is 375 g/mol. The van der Waals surface area contributed by atoms with Gasteiger partial charge in [-0.05, 0) is 54.6 Å². The Bertz CT molecular complexity index is 468. The van der Waals surface area contributed by atoms with Gasteiger partial charge in [0.05, 0.1) is 17.8 Å². The summed E-state index contributed by atoms with van der Waals surface area (Å²) in [5, 5.41) is 0. The first kappa shape index (κ1) is 14.6. The minimum Gasteiger partial charge on any atom is -0.459 e. The van der Waals surface area contributed by atoms with Gasteiger partial charge in [-0.25, -0.2) is 4.79 Å². The second-order valence-corrected chi connectivity index (χ2v) is 6.23. The standard InChI is InChI=1S/C14H18INO3/c1-8-5-11(6-9(2)18-8)19-14(17)12-7-10(15)3-4-13(12)16/h3-4,7-9,11H,5-6,16H2,1-2H3. The molecule has 104 valence electrons. The number of hydrogen-bond donors (Lipinski definition) is 1. The smallest absolute Gasteiger partial charge is 0.340 e. The molecule has 0 spiro atoms. The molecule has 1 fully saturated rings. The van der Waals surface area contributed by atoms with Crippen molar-refractivity contribution in [1.82, 2.24) is 0 Å². The number of benzene rings is 1. The van der Waals surface area contributed by atoms with Crippen molar-refractivity contribution >= 4 is 34.2 Å². The summed E-state index contributed by atoms with van der Waals surface area (Å²) < 4.78 is 12.1. The third kappa shape index (κ3) is 3.82. The van der Waals surface area contributed by atoms with Gasteiger partial charge in [-0.1, -0.05) is 0 Å². The molecule has 0 amide bonds. The summed E-state index contributed by atoms with van der Waals surface area (Å²) in [5.74, 6) is -0.345. The van der Waals surface area contributed by atoms with E-state index in [1.54, 1.807) is 12.1 Å². The van der Waals surface area contributed by atoms with Crippen LogP contribution in [0.5, 0.6) is 0 Å². The molecule has 5 heteroatoms. The van der Waals surface area contributed by atoms with Crippen molar-refractivity contribution in [1.29, 1.82) is 0 Å². The van der Waals surface area contributed by atoms with E-state index in [0.717, 1.165) is 16.4 Å². The van der Waals surface area contributed by atoms with Crippen LogP contribution in [0.4, 0.5) is 5.69 Å². The number of esters is 1. The van der Waals surface area contributed by atoms with Crippen LogP contribution >= 0.6 is 22.6 Å². The Morgan fingerprint density at radius 1 is 1.37 bits per heavy atom. The molecule has 2 N–H and O–H groups in total. The van der Waals surface area contributed by atoms with Gasteiger partial charge in [0, 0.05) is 22.1 Å². The lowest BCUT2D eigenvalue weighted by atomic mass is 10.0. The van der Waals surface area contributed by atoms with E-state index < -0.39 is 0 Å². The monoisotopic (exact) mass is 375 g/mol. The zero-order chi connectivity index (χ0) is 14.0. The molecule has 4 nitrogen and oxygen atoms in total. The molecule has 1 heterocycles. The molecule has 1 aromatic rings. The van der Waals surface area contributed by atoms with Crippen molar-refractivity contribution in [2.45, 2.75) is 45.0 Å². The summed E-state index contributed by atoms with van der Waals surface area (Å²) in [5.41, 5.74) is 6.72. The molecular weight excluding hydrogens is 357 g/mol. The highest BCUT2D eigenvalue weighted by molar-refractivity contribution is 14.1. The molecule has 0 aliphatic carbocycles. The van der Waals surface area contributed by atoms with Crippen molar-refractivity contribution in [3.8, 4) is 0 Å². The fourth-order valence-corrected chi connectivity index (χ4v) is 2.85. The van der Waals surface area contributed by atoms with Crippen LogP contribution in [0.15, 0.2) is 18.2 Å². The van der Waals surface area contributed by atoms with Crippen molar-refractivity contribution < 1.29 is 14.3 Å². The minimum absolute atomic E-state index is 0.0940. The summed E-state index contributed by atoms with van der Waals surface area (Å²) in [6.45, 7) is 3.99. The van der Waals surface area contributed by atoms with Crippen LogP contribution in [0, 0.1) is 3.57 Å². The van der Waals surface area contributed by atoms with E-state index in [-0.39, 0.29) is 24.3 Å². The highest BCUT2D eigenvalue weighted by Gasteiger charge is 2.28. The zero-order valence-corrected chi connectivity index (χ0v) is 13.2. The van der Waals surface area contributed by atoms with Gasteiger partial charge in [0.1, 0.15) is 6.10 Å². The van der Waals surface area contributed by atoms with Gasteiger partial charge in [-0.3, -0.25) is 0 Å². The third-order valence-electron chi connectivity index (χ3n) is 3.16. The normalized spacial score (nSPS) is 27.0. The lowest BCUT2D eigenvalue weighted by molar-refractivity contribution is -0.0855. The Hall–Kier alpha value is -0.820. The average Bonchev–Trinajstić information content (AvgIpc) is 2.30. The topological polar surface area (TPSA) is 61.5 Å². The predicted molar refractivity (Wildman–Crippen MR) is 82.0 cm³/mol. The summed E-state index contributed by atoms with van der Waals surface area (Å²) in [7, 11) is 0. The van der Waals surface area contributed by atoms with Crippen molar-refractivity contribution in [3.63, 3.8) is 0 Å². The Kier molecular flexibility index (Phi) is 4.67. The van der Waals surface area contributed by atoms with Crippen molar-refractivity contribution in [3.05, 3.63) is 27.3 Å². The number of ether oxygens (including phenoxy) is 2. The van der Waals surface area contributed by atoms with Crippen LogP contribution in [-0.4, -0.2) is 24.3 Å². The van der Waals surface area contributed by atoms with Gasteiger partial charge in [0.25, 0.3) is 0 Å². The first-order valence-corrected chi connectivity index (χ1v) is 7.45. The van der Waals surface area contributed by atoms with Gasteiger partial charge in [-0.2, -0.15) is 0 Å². The third-order valence-corrected chi connectivity index (χ3v) is 3.83. The zero-order valence-electron chi connectivity index (χ0n) is 11.1. The van der Waals surface area contributed by atoms with Crippen molar-refractivity contribution in [2.24, 2.45) is 0 Å². The van der Waals surface area contributed by atoms with Crippen LogP contribution in [0.3, 0.4) is 0 Å². The van der Waals surface area contributed by atoms with E-state index in [1.807, 2.05) is 19.9 Å². The molecule has 0 bridgehead atoms. The lowest BCUT2D eigenvalue weighted by Crippen LogP contribution is -2.35. The highest BCUT2D eigenvalue weighted by Crippen LogP contribution is 2.24. The quantitative estimate of drug-likeness (QED) is 0.491. The minimum atomic E-state index is -0.345. The van der Waals surface area contributed by atoms with Crippen LogP contribution in [0.1, 0.15) is 37.0 Å². The summed E-state index contributed by atoms with van der Waals surface area (Å²) >= 11 is 2.15. The fraction of sp³-hybridized carbons (Fsp3) is 0.500. The molecule has 1 aromatic carbocycles. The Morgan fingerprint density at radius 3 is 2.63 bits per heavy atom. The van der Waals surface area contributed by atoms with E-state index in [2.05, 4.69) is 22.6 Å². The number of carbonyl (C=O) groups excluding carboxylic acids is 1. The maximum atomic E-state index is 12.2. The van der Waals surface area contributed by atoms with Gasteiger partial charge in [-0.15, -0.1) is 0 Å². The molecule has 0 aromatic heterocycles. The van der Waals surface area contributed by atoms with Crippen LogP contribution < -0.4 is 5.73 Å². The molecule has 2 unspecified atom stereocenters. The number of carbonyl (C=O) groups is 1. The highest BCUT2D eigenvalue weighted by atomic mass is 127. The van der Waals surface area contributed by atoms with Crippen LogP contribution in [-0.2, 0) is 9.47 Å². The van der Waals surface area contributed by atoms with E-state index in [0.29, 0.717) is 11.3 Å². The first-order chi connectivity index (χ1) is 8.95. The number of hydrogen-bond acceptors (Lipinski definition) is 4. The van der Waals surface area contributed by atoms with Crippen molar-refractivity contribution in [2.75, 3.05) is 5.73 Å². The second-order valence-electron chi connectivity index (χ2n) is 4.99. The summed E-state index contributed by atoms with van der Waals surface area (Å²) in [4.78, 5) is 12.2. The molecule has 2 rings (SSSR count). The number of rotatable bonds is 2.